The molecule has 1 fully saturated rings. The number of benzene rings is 2. The standard InChI is InChI=1S/C25H30N2O4S/c1-31-24-15-17(9-12-23(24)28)25-20-8-6-7-19(20)21-16-18(10-11-22(21)26-25)32(29,30)27-13-4-2-3-5-14-27/h6-7,9-12,15-16,19-20,25-26,28H,2-5,8,13-14H2,1H3. The third kappa shape index (κ3) is 3.67. The molecule has 0 amide bonds. The number of allylic oxidation sites excluding steroid dienone is 2. The van der Waals surface area contributed by atoms with Gasteiger partial charge in [-0.1, -0.05) is 31.1 Å². The van der Waals surface area contributed by atoms with Gasteiger partial charge in [-0.15, -0.1) is 0 Å². The van der Waals surface area contributed by atoms with Crippen molar-refractivity contribution in [1.82, 2.24) is 4.31 Å². The number of anilines is 1. The number of rotatable bonds is 4. The molecule has 170 valence electrons. The van der Waals surface area contributed by atoms with Crippen molar-refractivity contribution in [3.05, 3.63) is 59.7 Å². The maximum Gasteiger partial charge on any atom is 0.243 e. The lowest BCUT2D eigenvalue weighted by molar-refractivity contribution is 0.370. The first-order valence-corrected chi connectivity index (χ1v) is 12.9. The van der Waals surface area contributed by atoms with Crippen LogP contribution in [0.2, 0.25) is 0 Å². The summed E-state index contributed by atoms with van der Waals surface area (Å²) in [5, 5.41) is 13.6. The Balaban J connectivity index is 1.50. The zero-order chi connectivity index (χ0) is 22.3. The minimum atomic E-state index is -3.49. The van der Waals surface area contributed by atoms with Crippen molar-refractivity contribution in [3.63, 3.8) is 0 Å². The molecule has 3 aliphatic rings. The van der Waals surface area contributed by atoms with E-state index in [1.165, 1.54) is 0 Å². The smallest absolute Gasteiger partial charge is 0.243 e. The summed E-state index contributed by atoms with van der Waals surface area (Å²) in [4.78, 5) is 0.392. The van der Waals surface area contributed by atoms with Gasteiger partial charge in [-0.3, -0.25) is 0 Å². The summed E-state index contributed by atoms with van der Waals surface area (Å²) in [6, 6.07) is 11.0. The van der Waals surface area contributed by atoms with E-state index in [-0.39, 0.29) is 23.6 Å². The van der Waals surface area contributed by atoms with Crippen LogP contribution in [-0.2, 0) is 10.0 Å². The minimum absolute atomic E-state index is 0.0464. The average molecular weight is 455 g/mol. The second-order valence-corrected chi connectivity index (χ2v) is 10.9. The molecule has 2 N–H and O–H groups in total. The molecule has 5 rings (SSSR count). The molecule has 2 heterocycles. The highest BCUT2D eigenvalue weighted by Gasteiger charge is 2.39. The second-order valence-electron chi connectivity index (χ2n) is 8.97. The molecule has 2 aromatic carbocycles. The topological polar surface area (TPSA) is 78.9 Å². The van der Waals surface area contributed by atoms with Crippen molar-refractivity contribution in [3.8, 4) is 11.5 Å². The van der Waals surface area contributed by atoms with Crippen LogP contribution in [0.4, 0.5) is 5.69 Å². The number of hydrogen-bond acceptors (Lipinski definition) is 5. The molecule has 0 radical (unpaired) electrons. The number of aromatic hydroxyl groups is 1. The van der Waals surface area contributed by atoms with Crippen LogP contribution < -0.4 is 10.1 Å². The number of ether oxygens (including phenoxy) is 1. The molecule has 3 atom stereocenters. The third-order valence-electron chi connectivity index (χ3n) is 7.10. The predicted molar refractivity (Wildman–Crippen MR) is 125 cm³/mol. The number of hydrogen-bond donors (Lipinski definition) is 2. The fourth-order valence-electron chi connectivity index (χ4n) is 5.38. The van der Waals surface area contributed by atoms with Gasteiger partial charge in [-0.2, -0.15) is 4.31 Å². The van der Waals surface area contributed by atoms with E-state index in [2.05, 4.69) is 17.5 Å². The molecular formula is C25H30N2O4S. The normalized spacial score (nSPS) is 25.5. The molecule has 32 heavy (non-hydrogen) atoms. The summed E-state index contributed by atoms with van der Waals surface area (Å²) in [5.74, 6) is 0.997. The van der Waals surface area contributed by atoms with Crippen LogP contribution in [0.1, 0.15) is 55.2 Å². The van der Waals surface area contributed by atoms with E-state index in [0.717, 1.165) is 48.9 Å². The number of methoxy groups -OCH3 is 1. The van der Waals surface area contributed by atoms with E-state index in [1.807, 2.05) is 24.3 Å². The Labute approximate surface area is 190 Å². The van der Waals surface area contributed by atoms with Gasteiger partial charge in [0.25, 0.3) is 0 Å². The van der Waals surface area contributed by atoms with E-state index in [0.29, 0.717) is 23.7 Å². The van der Waals surface area contributed by atoms with Gasteiger partial charge < -0.3 is 15.2 Å². The number of sulfonamides is 1. The molecule has 0 spiro atoms. The maximum absolute atomic E-state index is 13.4. The number of fused-ring (bicyclic) bond motifs is 3. The molecule has 1 aliphatic carbocycles. The number of nitrogens with zero attached hydrogens (tertiary/aromatic N) is 1. The molecule has 0 saturated carbocycles. The highest BCUT2D eigenvalue weighted by Crippen LogP contribution is 2.51. The number of phenolic OH excluding ortho intramolecular Hbond substituents is 1. The maximum atomic E-state index is 13.4. The Morgan fingerprint density at radius 2 is 1.84 bits per heavy atom. The predicted octanol–water partition coefficient (Wildman–Crippen LogP) is 4.79. The van der Waals surface area contributed by atoms with Gasteiger partial charge >= 0.3 is 0 Å². The molecule has 7 heteroatoms. The summed E-state index contributed by atoms with van der Waals surface area (Å²) >= 11 is 0. The lowest BCUT2D eigenvalue weighted by Gasteiger charge is -2.38. The van der Waals surface area contributed by atoms with E-state index >= 15 is 0 Å². The number of phenols is 1. The molecule has 0 aromatic heterocycles. The van der Waals surface area contributed by atoms with Crippen molar-refractivity contribution in [2.24, 2.45) is 5.92 Å². The Morgan fingerprint density at radius 1 is 1.06 bits per heavy atom. The quantitative estimate of drug-likeness (QED) is 0.650. The summed E-state index contributed by atoms with van der Waals surface area (Å²) in [5.41, 5.74) is 3.05. The molecular weight excluding hydrogens is 424 g/mol. The Morgan fingerprint density at radius 3 is 2.59 bits per heavy atom. The van der Waals surface area contributed by atoms with Gasteiger partial charge in [0.05, 0.1) is 18.0 Å². The first-order chi connectivity index (χ1) is 15.5. The molecule has 0 bridgehead atoms. The van der Waals surface area contributed by atoms with Crippen LogP contribution in [-0.4, -0.2) is 38.0 Å². The van der Waals surface area contributed by atoms with Crippen LogP contribution >= 0.6 is 0 Å². The fourth-order valence-corrected chi connectivity index (χ4v) is 6.93. The molecule has 2 aliphatic heterocycles. The van der Waals surface area contributed by atoms with Crippen LogP contribution in [0.15, 0.2) is 53.4 Å². The zero-order valence-corrected chi connectivity index (χ0v) is 19.1. The highest BCUT2D eigenvalue weighted by atomic mass is 32.2. The minimum Gasteiger partial charge on any atom is -0.504 e. The molecule has 3 unspecified atom stereocenters. The Bertz CT molecular complexity index is 1140. The van der Waals surface area contributed by atoms with Crippen molar-refractivity contribution in [2.75, 3.05) is 25.5 Å². The molecule has 2 aromatic rings. The Hall–Kier alpha value is -2.51. The van der Waals surface area contributed by atoms with Gasteiger partial charge in [0, 0.05) is 24.7 Å². The van der Waals surface area contributed by atoms with Gasteiger partial charge in [0.15, 0.2) is 11.5 Å². The highest BCUT2D eigenvalue weighted by molar-refractivity contribution is 7.89. The van der Waals surface area contributed by atoms with Crippen molar-refractivity contribution < 1.29 is 18.3 Å². The lowest BCUT2D eigenvalue weighted by atomic mass is 9.77. The summed E-state index contributed by atoms with van der Waals surface area (Å²) in [7, 11) is -1.94. The fraction of sp³-hybridized carbons (Fsp3) is 0.440. The molecule has 1 saturated heterocycles. The molecule has 6 nitrogen and oxygen atoms in total. The first-order valence-electron chi connectivity index (χ1n) is 11.4. The van der Waals surface area contributed by atoms with Gasteiger partial charge in [0.1, 0.15) is 0 Å². The van der Waals surface area contributed by atoms with Crippen molar-refractivity contribution >= 4 is 15.7 Å². The SMILES string of the molecule is COc1cc(C2Nc3ccc(S(=O)(=O)N4CCCCCC4)cc3C3C=CCC32)ccc1O. The van der Waals surface area contributed by atoms with E-state index in [4.69, 9.17) is 4.74 Å². The van der Waals surface area contributed by atoms with Gasteiger partial charge in [-0.05, 0) is 66.6 Å². The van der Waals surface area contributed by atoms with Crippen LogP contribution in [0, 0.1) is 5.92 Å². The summed E-state index contributed by atoms with van der Waals surface area (Å²) in [6.45, 7) is 1.21. The summed E-state index contributed by atoms with van der Waals surface area (Å²) in [6.07, 6.45) is 9.35. The van der Waals surface area contributed by atoms with Gasteiger partial charge in [-0.25, -0.2) is 8.42 Å². The van der Waals surface area contributed by atoms with E-state index < -0.39 is 10.0 Å². The first kappa shape index (κ1) is 21.3. The van der Waals surface area contributed by atoms with E-state index in [1.54, 1.807) is 23.5 Å². The lowest BCUT2D eigenvalue weighted by Crippen LogP contribution is -2.33. The Kier molecular flexibility index (Phi) is 5.63. The van der Waals surface area contributed by atoms with Crippen molar-refractivity contribution in [2.45, 2.75) is 49.0 Å². The van der Waals surface area contributed by atoms with E-state index in [9.17, 15) is 13.5 Å². The van der Waals surface area contributed by atoms with Gasteiger partial charge in [0.2, 0.25) is 10.0 Å². The monoisotopic (exact) mass is 454 g/mol. The largest absolute Gasteiger partial charge is 0.504 e. The number of nitrogens with one attached hydrogen (secondary N) is 1. The van der Waals surface area contributed by atoms with Crippen LogP contribution in [0.3, 0.4) is 0 Å². The van der Waals surface area contributed by atoms with Crippen LogP contribution in [0.25, 0.3) is 0 Å². The average Bonchev–Trinajstić information content (AvgIpc) is 3.13. The van der Waals surface area contributed by atoms with Crippen LogP contribution in [0.5, 0.6) is 11.5 Å². The second kappa shape index (κ2) is 8.45. The zero-order valence-electron chi connectivity index (χ0n) is 18.3. The third-order valence-corrected chi connectivity index (χ3v) is 8.99. The summed E-state index contributed by atoms with van der Waals surface area (Å²) < 4.78 is 33.7. The van der Waals surface area contributed by atoms with Crippen molar-refractivity contribution in [1.29, 1.82) is 0 Å².